The minimum atomic E-state index is -1.01. The number of hydrogen-bond acceptors (Lipinski definition) is 2. The van der Waals surface area contributed by atoms with E-state index in [9.17, 15) is 9.90 Å². The molecule has 0 spiro atoms. The van der Waals surface area contributed by atoms with E-state index >= 15 is 0 Å². The van der Waals surface area contributed by atoms with Crippen LogP contribution >= 0.6 is 0 Å². The van der Waals surface area contributed by atoms with Crippen molar-refractivity contribution in [1.82, 2.24) is 0 Å². The predicted molar refractivity (Wildman–Crippen MR) is 48.4 cm³/mol. The van der Waals surface area contributed by atoms with E-state index < -0.39 is 12.0 Å². The Morgan fingerprint density at radius 1 is 1.50 bits per heavy atom. The van der Waals surface area contributed by atoms with Gasteiger partial charge in [0.1, 0.15) is 6.10 Å². The summed E-state index contributed by atoms with van der Waals surface area (Å²) in [6.07, 6.45) is -0.221. The second-order valence-electron chi connectivity index (χ2n) is 4.59. The van der Waals surface area contributed by atoms with E-state index in [1.165, 1.54) is 0 Å². The smallest absolute Gasteiger partial charge is 0.246 e. The normalized spacial score (nSPS) is 17.1. The number of amides is 1. The molecular weight excluding hydrogens is 154 g/mol. The molecule has 0 saturated carbocycles. The zero-order valence-corrected chi connectivity index (χ0v) is 8.29. The quantitative estimate of drug-likeness (QED) is 0.666. The summed E-state index contributed by atoms with van der Waals surface area (Å²) in [6, 6.07) is 0. The van der Waals surface area contributed by atoms with Gasteiger partial charge < -0.3 is 10.8 Å². The van der Waals surface area contributed by atoms with Crippen LogP contribution in [-0.2, 0) is 4.79 Å². The van der Waals surface area contributed by atoms with Crippen LogP contribution in [0.4, 0.5) is 0 Å². The molecule has 0 aromatic rings. The molecule has 0 saturated heterocycles. The van der Waals surface area contributed by atoms with E-state index in [2.05, 4.69) is 20.8 Å². The summed E-state index contributed by atoms with van der Waals surface area (Å²) in [7, 11) is 0. The highest BCUT2D eigenvalue weighted by Crippen LogP contribution is 2.25. The lowest BCUT2D eigenvalue weighted by molar-refractivity contribution is -0.128. The third kappa shape index (κ3) is 4.34. The lowest BCUT2D eigenvalue weighted by atomic mass is 9.83. The Balaban J connectivity index is 4.04. The number of aliphatic hydroxyl groups excluding tert-OH is 1. The van der Waals surface area contributed by atoms with Gasteiger partial charge in [0, 0.05) is 0 Å². The van der Waals surface area contributed by atoms with E-state index in [0.29, 0.717) is 0 Å². The first-order valence-corrected chi connectivity index (χ1v) is 4.21. The molecule has 0 heterocycles. The average Bonchev–Trinajstić information content (AvgIpc) is 1.82. The second-order valence-corrected chi connectivity index (χ2v) is 4.59. The summed E-state index contributed by atoms with van der Waals surface area (Å²) in [5, 5.41) is 9.28. The highest BCUT2D eigenvalue weighted by atomic mass is 16.3. The third-order valence-corrected chi connectivity index (χ3v) is 1.76. The standard InChI is InChI=1S/C9H19NO2/c1-6(5-9(2,3)4)7(11)8(10)12/h6-7,11H,5H2,1-4H3,(H2,10,12)/t6-,7?/m0/s1. The molecule has 1 amide bonds. The van der Waals surface area contributed by atoms with Crippen LogP contribution in [-0.4, -0.2) is 17.1 Å². The van der Waals surface area contributed by atoms with Gasteiger partial charge in [-0.25, -0.2) is 0 Å². The largest absolute Gasteiger partial charge is 0.383 e. The number of carbonyl (C=O) groups excluding carboxylic acids is 1. The van der Waals surface area contributed by atoms with Gasteiger partial charge in [0.25, 0.3) is 0 Å². The second kappa shape index (κ2) is 3.90. The maximum absolute atomic E-state index is 10.6. The monoisotopic (exact) mass is 173 g/mol. The maximum atomic E-state index is 10.6. The molecule has 72 valence electrons. The topological polar surface area (TPSA) is 63.3 Å². The Hall–Kier alpha value is -0.570. The molecule has 0 rings (SSSR count). The minimum absolute atomic E-state index is 0.0671. The number of hydrogen-bond donors (Lipinski definition) is 2. The first-order valence-electron chi connectivity index (χ1n) is 4.21. The van der Waals surface area contributed by atoms with Gasteiger partial charge in [-0.1, -0.05) is 27.7 Å². The van der Waals surface area contributed by atoms with E-state index in [1.54, 1.807) is 0 Å². The van der Waals surface area contributed by atoms with Gasteiger partial charge in [-0.2, -0.15) is 0 Å². The summed E-state index contributed by atoms with van der Waals surface area (Å²) >= 11 is 0. The Kier molecular flexibility index (Phi) is 3.71. The number of carbonyl (C=O) groups is 1. The molecule has 0 aromatic heterocycles. The summed E-state index contributed by atoms with van der Waals surface area (Å²) in [4.78, 5) is 10.6. The molecule has 12 heavy (non-hydrogen) atoms. The van der Waals surface area contributed by atoms with Gasteiger partial charge in [-0.3, -0.25) is 4.79 Å². The Morgan fingerprint density at radius 3 is 2.17 bits per heavy atom. The van der Waals surface area contributed by atoms with Gasteiger partial charge in [-0.05, 0) is 17.8 Å². The maximum Gasteiger partial charge on any atom is 0.246 e. The van der Waals surface area contributed by atoms with Crippen molar-refractivity contribution in [1.29, 1.82) is 0 Å². The number of rotatable bonds is 3. The molecule has 3 heteroatoms. The van der Waals surface area contributed by atoms with E-state index in [4.69, 9.17) is 5.73 Å². The van der Waals surface area contributed by atoms with Gasteiger partial charge in [0.15, 0.2) is 0 Å². The Morgan fingerprint density at radius 2 is 1.92 bits per heavy atom. The van der Waals surface area contributed by atoms with E-state index in [1.807, 2.05) is 6.92 Å². The summed E-state index contributed by atoms with van der Waals surface area (Å²) < 4.78 is 0. The fraction of sp³-hybridized carbons (Fsp3) is 0.889. The first-order chi connectivity index (χ1) is 5.24. The molecule has 0 aliphatic carbocycles. The molecule has 0 aliphatic heterocycles. The van der Waals surface area contributed by atoms with E-state index in [-0.39, 0.29) is 11.3 Å². The predicted octanol–water partition coefficient (Wildman–Crippen LogP) is 0.905. The number of nitrogens with two attached hydrogens (primary N) is 1. The van der Waals surface area contributed by atoms with Crippen molar-refractivity contribution in [2.45, 2.75) is 40.2 Å². The zero-order valence-electron chi connectivity index (χ0n) is 8.29. The van der Waals surface area contributed by atoms with Crippen molar-refractivity contribution in [3.05, 3.63) is 0 Å². The van der Waals surface area contributed by atoms with Crippen LogP contribution in [0.3, 0.4) is 0 Å². The molecule has 0 fully saturated rings. The molecule has 3 N–H and O–H groups in total. The zero-order chi connectivity index (χ0) is 9.94. The fourth-order valence-corrected chi connectivity index (χ4v) is 1.36. The van der Waals surface area contributed by atoms with Crippen LogP contribution in [0.25, 0.3) is 0 Å². The first kappa shape index (κ1) is 11.4. The molecule has 0 aromatic carbocycles. The molecule has 0 aliphatic rings. The fourth-order valence-electron chi connectivity index (χ4n) is 1.36. The SMILES string of the molecule is C[C@@H](CC(C)(C)C)C(O)C(N)=O. The molecule has 1 unspecified atom stereocenters. The molecule has 2 atom stereocenters. The van der Waals surface area contributed by atoms with Gasteiger partial charge in [0.05, 0.1) is 0 Å². The Labute approximate surface area is 74.0 Å². The van der Waals surface area contributed by atoms with Crippen molar-refractivity contribution in [3.8, 4) is 0 Å². The van der Waals surface area contributed by atoms with Gasteiger partial charge >= 0.3 is 0 Å². The average molecular weight is 173 g/mol. The highest BCUT2D eigenvalue weighted by Gasteiger charge is 2.24. The molecular formula is C9H19NO2. The van der Waals surface area contributed by atoms with Crippen molar-refractivity contribution < 1.29 is 9.90 Å². The summed E-state index contributed by atoms with van der Waals surface area (Å²) in [6.45, 7) is 8.03. The van der Waals surface area contributed by atoms with E-state index in [0.717, 1.165) is 6.42 Å². The lowest BCUT2D eigenvalue weighted by Gasteiger charge is -2.25. The molecule has 0 radical (unpaired) electrons. The summed E-state index contributed by atoms with van der Waals surface area (Å²) in [5.41, 5.74) is 5.09. The van der Waals surface area contributed by atoms with Crippen LogP contribution in [0.1, 0.15) is 34.1 Å². The number of primary amides is 1. The minimum Gasteiger partial charge on any atom is -0.383 e. The van der Waals surface area contributed by atoms with Crippen molar-refractivity contribution >= 4 is 5.91 Å². The van der Waals surface area contributed by atoms with Crippen molar-refractivity contribution in [3.63, 3.8) is 0 Å². The van der Waals surface area contributed by atoms with Crippen LogP contribution in [0.5, 0.6) is 0 Å². The van der Waals surface area contributed by atoms with Gasteiger partial charge in [0.2, 0.25) is 5.91 Å². The van der Waals surface area contributed by atoms with Crippen molar-refractivity contribution in [2.75, 3.05) is 0 Å². The third-order valence-electron chi connectivity index (χ3n) is 1.76. The van der Waals surface area contributed by atoms with Gasteiger partial charge in [-0.15, -0.1) is 0 Å². The van der Waals surface area contributed by atoms with Crippen molar-refractivity contribution in [2.24, 2.45) is 17.1 Å². The van der Waals surface area contributed by atoms with Crippen LogP contribution in [0.2, 0.25) is 0 Å². The molecule has 3 nitrogen and oxygen atoms in total. The van der Waals surface area contributed by atoms with Crippen LogP contribution in [0, 0.1) is 11.3 Å². The highest BCUT2D eigenvalue weighted by molar-refractivity contribution is 5.78. The Bertz CT molecular complexity index is 160. The van der Waals surface area contributed by atoms with Crippen LogP contribution in [0.15, 0.2) is 0 Å². The van der Waals surface area contributed by atoms with Crippen LogP contribution < -0.4 is 5.73 Å². The number of aliphatic hydroxyl groups is 1. The lowest BCUT2D eigenvalue weighted by Crippen LogP contribution is -2.35. The summed E-state index contributed by atoms with van der Waals surface area (Å²) in [5.74, 6) is -0.700. The molecule has 0 bridgehead atoms.